The number of rotatable bonds is 10. The van der Waals surface area contributed by atoms with Crippen LogP contribution in [0.4, 0.5) is 0 Å². The second-order valence-corrected chi connectivity index (χ2v) is 19.7. The van der Waals surface area contributed by atoms with Crippen molar-refractivity contribution in [2.24, 2.45) is 28.8 Å². The minimum Gasteiger partial charge on any atom is -0.507 e. The number of ether oxygens (including phenoxy) is 4. The number of aliphatic hydroxyl groups is 3. The van der Waals surface area contributed by atoms with Crippen LogP contribution < -0.4 is 10.1 Å². The zero-order valence-electron chi connectivity index (χ0n) is 40.2. The lowest BCUT2D eigenvalue weighted by molar-refractivity contribution is -0.160. The van der Waals surface area contributed by atoms with Gasteiger partial charge in [0.1, 0.15) is 30.0 Å². The molecule has 20 heteroatoms. The molecular weight excluding hydrogens is 892 g/mol. The molecule has 19 nitrogen and oxygen atoms in total. The summed E-state index contributed by atoms with van der Waals surface area (Å²) in [6.45, 7) is 17.8. The minimum absolute atomic E-state index is 0.00438. The van der Waals surface area contributed by atoms with Gasteiger partial charge in [0.05, 0.1) is 60.8 Å². The summed E-state index contributed by atoms with van der Waals surface area (Å²) in [5.41, 5.74) is -1.40. The number of piperazine rings is 1. The molecule has 1 saturated heterocycles. The molecule has 1 aliphatic carbocycles. The van der Waals surface area contributed by atoms with Gasteiger partial charge in [-0.2, -0.15) is 5.10 Å². The highest BCUT2D eigenvalue weighted by Gasteiger charge is 2.52. The smallest absolute Gasteiger partial charge is 0.344 e. The van der Waals surface area contributed by atoms with E-state index >= 15 is 0 Å². The summed E-state index contributed by atoms with van der Waals surface area (Å²) in [6.07, 6.45) is 2.79. The third-order valence-corrected chi connectivity index (χ3v) is 14.9. The number of benzene rings is 1. The minimum atomic E-state index is -3.37. The Balaban J connectivity index is 1.60. The van der Waals surface area contributed by atoms with Gasteiger partial charge in [-0.25, -0.2) is 0 Å². The number of nitrogens with zero attached hydrogens (tertiary/aromatic N) is 3. The molecule has 1 unspecified atom stereocenters. The Hall–Kier alpha value is -4.72. The van der Waals surface area contributed by atoms with Crippen molar-refractivity contribution < 1.29 is 72.2 Å². The summed E-state index contributed by atoms with van der Waals surface area (Å²) < 4.78 is 47.8. The highest BCUT2D eigenvalue weighted by molar-refractivity contribution is 7.53. The predicted octanol–water partition coefficient (Wildman–Crippen LogP) is 4.68. The van der Waals surface area contributed by atoms with E-state index < -0.39 is 108 Å². The number of allylic oxidation sites excluding steroid dienone is 3. The van der Waals surface area contributed by atoms with Crippen LogP contribution in [0.2, 0.25) is 0 Å². The third-order valence-electron chi connectivity index (χ3n) is 12.9. The summed E-state index contributed by atoms with van der Waals surface area (Å²) in [5.74, 6) is -8.49. The Bertz CT molecular complexity index is 2240. The molecule has 1 aromatic rings. The third kappa shape index (κ3) is 11.4. The van der Waals surface area contributed by atoms with Crippen molar-refractivity contribution in [1.29, 1.82) is 0 Å². The fourth-order valence-corrected chi connectivity index (χ4v) is 10.7. The summed E-state index contributed by atoms with van der Waals surface area (Å²) in [6, 6.07) is 0. The van der Waals surface area contributed by atoms with Crippen molar-refractivity contribution in [3.8, 4) is 11.5 Å². The van der Waals surface area contributed by atoms with Crippen molar-refractivity contribution in [1.82, 2.24) is 15.2 Å². The first-order valence-corrected chi connectivity index (χ1v) is 24.3. The predicted molar refractivity (Wildman–Crippen MR) is 246 cm³/mol. The number of esters is 1. The molecule has 6 rings (SSSR count). The fourth-order valence-electron chi connectivity index (χ4n) is 8.89. The molecule has 0 aromatic heterocycles. The average molecular weight is 959 g/mol. The first kappa shape index (κ1) is 53.2. The molecule has 4 heterocycles. The summed E-state index contributed by atoms with van der Waals surface area (Å²) in [5, 5.41) is 55.8. The van der Waals surface area contributed by atoms with Crippen LogP contribution >= 0.6 is 7.60 Å². The second-order valence-electron chi connectivity index (χ2n) is 17.6. The van der Waals surface area contributed by atoms with Crippen molar-refractivity contribution in [2.75, 3.05) is 52.8 Å². The Morgan fingerprint density at radius 1 is 0.970 bits per heavy atom. The molecule has 4 aliphatic heterocycles. The number of phenols is 1. The van der Waals surface area contributed by atoms with E-state index in [0.29, 0.717) is 26.2 Å². The van der Waals surface area contributed by atoms with Crippen molar-refractivity contribution in [2.45, 2.75) is 106 Å². The topological polar surface area (TPSA) is 253 Å². The van der Waals surface area contributed by atoms with Crippen molar-refractivity contribution >= 4 is 37.3 Å². The molecule has 10 atom stereocenters. The molecular formula is C47H67N4O15P. The average Bonchev–Trinajstić information content (AvgIpc) is 3.55. The SMILES string of the molecule is CCOP(=O)(CN1CCN(/N=C/C2=C3NC(=O)/C(C)=C\C=C\[C@@H](C)[C@@H](O)[C@@H](C)[C@H](O)[C@@H](C)[C@H](OC(C)=O)[C@H](C)[C@@H](OC)/C=C/O[C@@]4(C)Oc5c(C)c(O)c(c(c5C4=O)C2O)C3=O)CC1)OCC. The summed E-state index contributed by atoms with van der Waals surface area (Å²) in [4.78, 5) is 57.4. The summed E-state index contributed by atoms with van der Waals surface area (Å²) >= 11 is 0. The monoisotopic (exact) mass is 958 g/mol. The Morgan fingerprint density at radius 3 is 2.21 bits per heavy atom. The molecule has 0 radical (unpaired) electrons. The van der Waals surface area contributed by atoms with Crippen LogP contribution in [0.1, 0.15) is 100 Å². The van der Waals surface area contributed by atoms with Gasteiger partial charge in [-0.3, -0.25) is 33.7 Å². The number of hydrogen-bond acceptors (Lipinski definition) is 18. The molecule has 1 fully saturated rings. The number of aliphatic hydroxyl groups excluding tert-OH is 3. The number of hydrogen-bond donors (Lipinski definition) is 5. The molecule has 1 amide bonds. The molecule has 67 heavy (non-hydrogen) atoms. The molecule has 5 aliphatic rings. The van der Waals surface area contributed by atoms with E-state index in [2.05, 4.69) is 10.4 Å². The number of hydrazone groups is 1. The number of amides is 1. The molecule has 1 aromatic carbocycles. The maximum atomic E-state index is 14.7. The van der Waals surface area contributed by atoms with Gasteiger partial charge in [-0.15, -0.1) is 0 Å². The van der Waals surface area contributed by atoms with Crippen molar-refractivity contribution in [3.63, 3.8) is 0 Å². The number of methoxy groups -OCH3 is 1. The first-order chi connectivity index (χ1) is 31.5. The number of aromatic hydroxyl groups is 1. The van der Waals surface area contributed by atoms with Crippen LogP contribution in [0.15, 0.2) is 52.5 Å². The standard InChI is InChI=1S/C47H67N4O15P/c1-12-63-67(60,64-13-2)24-50-18-20-51(21-19-50)48-23-32-37-42(57)35-34(41(32)56)36-44(30(8)40(35)55)66-47(10,45(36)58)62-22-17-33(61-11)27(5)43(65-31(9)52)29(7)39(54)28(6)38(53)25(3)15-14-16-26(4)46(59)49-37/h14-17,22-23,25,27-29,33,38-39,41,43,53-56H,12-13,18-21,24H2,1-11H3,(H,49,59)/b15-14+,22-17+,26-16-,48-23+/t25-,27-,28-,29-,33+,38-,39+,41?,43-,47+/m1/s1. The van der Waals surface area contributed by atoms with Crippen LogP contribution in [0.25, 0.3) is 0 Å². The van der Waals surface area contributed by atoms with Gasteiger partial charge in [0.15, 0.2) is 0 Å². The van der Waals surface area contributed by atoms with Gasteiger partial charge < -0.3 is 53.7 Å². The second kappa shape index (κ2) is 22.1. The quantitative estimate of drug-likeness (QED) is 0.121. The van der Waals surface area contributed by atoms with E-state index in [4.69, 9.17) is 28.0 Å². The van der Waals surface area contributed by atoms with Crippen LogP contribution in [-0.2, 0) is 37.4 Å². The van der Waals surface area contributed by atoms with E-state index in [-0.39, 0.29) is 53.1 Å². The Morgan fingerprint density at radius 2 is 1.61 bits per heavy atom. The number of fused-ring (bicyclic) bond motifs is 14. The number of Topliss-reactive ketones (excluding diaryl/α,β-unsaturated/α-hetero) is 2. The fraction of sp³-hybridized carbons (Fsp3) is 0.596. The van der Waals surface area contributed by atoms with E-state index in [1.807, 2.05) is 4.90 Å². The highest BCUT2D eigenvalue weighted by Crippen LogP contribution is 2.51. The van der Waals surface area contributed by atoms with Gasteiger partial charge in [0.2, 0.25) is 5.78 Å². The van der Waals surface area contributed by atoms with Gasteiger partial charge in [-0.05, 0) is 33.8 Å². The molecule has 0 saturated carbocycles. The first-order valence-electron chi connectivity index (χ1n) is 22.6. The van der Waals surface area contributed by atoms with Gasteiger partial charge >= 0.3 is 19.4 Å². The molecule has 5 N–H and O–H groups in total. The summed E-state index contributed by atoms with van der Waals surface area (Å²) in [7, 11) is -1.95. The van der Waals surface area contributed by atoms with E-state index in [9.17, 15) is 44.2 Å². The lowest BCUT2D eigenvalue weighted by atomic mass is 9.78. The van der Waals surface area contributed by atoms with Crippen molar-refractivity contribution in [3.05, 3.63) is 69.7 Å². The van der Waals surface area contributed by atoms with E-state index in [1.54, 1.807) is 58.7 Å². The maximum Gasteiger partial charge on any atom is 0.344 e. The zero-order chi connectivity index (χ0) is 49.7. The normalized spacial score (nSPS) is 32.1. The van der Waals surface area contributed by atoms with E-state index in [1.165, 1.54) is 59.4 Å². The Labute approximate surface area is 392 Å². The number of ketones is 2. The van der Waals surface area contributed by atoms with Crippen LogP contribution in [0, 0.1) is 30.6 Å². The highest BCUT2D eigenvalue weighted by atomic mass is 31.2. The number of carbonyl (C=O) groups excluding carboxylic acids is 4. The largest absolute Gasteiger partial charge is 0.507 e. The lowest BCUT2D eigenvalue weighted by Crippen LogP contribution is -2.46. The molecule has 5 bridgehead atoms. The number of nitrogens with one attached hydrogen (secondary N) is 1. The number of phenolic OH excluding ortho intramolecular Hbond substituents is 1. The van der Waals surface area contributed by atoms with Gasteiger partial charge in [-0.1, -0.05) is 45.9 Å². The zero-order valence-corrected chi connectivity index (χ0v) is 41.1. The number of carbonyl (C=O) groups is 4. The van der Waals surface area contributed by atoms with Gasteiger partial charge in [0, 0.05) is 93.1 Å². The van der Waals surface area contributed by atoms with Crippen LogP contribution in [-0.4, -0.2) is 143 Å². The van der Waals surface area contributed by atoms with Crippen LogP contribution in [0.3, 0.4) is 0 Å². The van der Waals surface area contributed by atoms with Gasteiger partial charge in [0.25, 0.3) is 11.7 Å². The molecule has 0 spiro atoms. The lowest BCUT2D eigenvalue weighted by Gasteiger charge is -2.38. The maximum absolute atomic E-state index is 14.7. The Kier molecular flexibility index (Phi) is 17.6. The van der Waals surface area contributed by atoms with E-state index in [0.717, 1.165) is 0 Å². The molecule has 370 valence electrons. The van der Waals surface area contributed by atoms with Crippen LogP contribution in [0.5, 0.6) is 11.5 Å².